The second-order valence-corrected chi connectivity index (χ2v) is 10.3. The number of phenols is 1. The van der Waals surface area contributed by atoms with Crippen LogP contribution in [0.15, 0.2) is 40.2 Å². The summed E-state index contributed by atoms with van der Waals surface area (Å²) in [5.41, 5.74) is 11.4. The van der Waals surface area contributed by atoms with Gasteiger partial charge in [-0.05, 0) is 48.2 Å². The number of carboxylic acids is 3. The lowest BCUT2D eigenvalue weighted by Crippen LogP contribution is -2.32. The highest BCUT2D eigenvalue weighted by Gasteiger charge is 2.27. The zero-order valence-corrected chi connectivity index (χ0v) is 20.4. The molecule has 1 aromatic carbocycles. The molecule has 4 rings (SSSR count). The summed E-state index contributed by atoms with van der Waals surface area (Å²) >= 11 is 2.11. The van der Waals surface area contributed by atoms with Crippen LogP contribution in [0.3, 0.4) is 0 Å². The van der Waals surface area contributed by atoms with E-state index in [1.807, 2.05) is 0 Å². The summed E-state index contributed by atoms with van der Waals surface area (Å²) in [4.78, 5) is 52.5. The molecule has 2 atom stereocenters. The van der Waals surface area contributed by atoms with Gasteiger partial charge in [-0.2, -0.15) is 0 Å². The van der Waals surface area contributed by atoms with Crippen molar-refractivity contribution in [3.63, 3.8) is 0 Å². The molecule has 2 unspecified atom stereocenters. The number of phenolic OH excluding ortho intramolecular Hbond substituents is 1. The van der Waals surface area contributed by atoms with Crippen LogP contribution in [0.5, 0.6) is 5.75 Å². The number of anilines is 1. The summed E-state index contributed by atoms with van der Waals surface area (Å²) in [5.74, 6) is -3.92. The molecule has 9 N–H and O–H groups in total. The number of fused-ring (bicyclic) bond motifs is 2. The number of aromatic hydroxyl groups is 1. The number of rotatable bonds is 8. The molecule has 37 heavy (non-hydrogen) atoms. The Kier molecular flexibility index (Phi) is 7.18. The van der Waals surface area contributed by atoms with E-state index in [0.29, 0.717) is 31.5 Å². The van der Waals surface area contributed by atoms with Gasteiger partial charge in [-0.25, -0.2) is 9.78 Å². The average Bonchev–Trinajstić information content (AvgIpc) is 2.82. The molecule has 14 heteroatoms. The maximum absolute atomic E-state index is 12.6. The number of hydrogen-bond donors (Lipinski definition) is 7. The van der Waals surface area contributed by atoms with Crippen LogP contribution in [-0.4, -0.2) is 55.4 Å². The van der Waals surface area contributed by atoms with E-state index in [4.69, 9.17) is 21.7 Å². The molecule has 0 radical (unpaired) electrons. The first kappa shape index (κ1) is 26.1. The molecule has 0 spiro atoms. The van der Waals surface area contributed by atoms with Crippen molar-refractivity contribution < 1.29 is 34.8 Å². The van der Waals surface area contributed by atoms with Gasteiger partial charge in [0.2, 0.25) is 5.43 Å². The lowest BCUT2D eigenvalue weighted by Gasteiger charge is -2.21. The van der Waals surface area contributed by atoms with E-state index in [1.165, 1.54) is 18.3 Å². The number of nitrogens with one attached hydrogen (secondary N) is 1. The molecule has 192 valence electrons. The molecule has 0 aromatic heterocycles. The minimum Gasteiger partial charge on any atom is -0.506 e. The summed E-state index contributed by atoms with van der Waals surface area (Å²) in [7, 11) is 0. The summed E-state index contributed by atoms with van der Waals surface area (Å²) in [6, 6.07) is 3.39. The number of hydrogen-bond acceptors (Lipinski definition) is 11. The zero-order chi connectivity index (χ0) is 27.0. The number of carbonyl (C=O) groups is 3. The predicted octanol–water partition coefficient (Wildman–Crippen LogP) is 1.44. The first-order valence-electron chi connectivity index (χ1n) is 10.6. The molecule has 0 saturated carbocycles. The van der Waals surface area contributed by atoms with Gasteiger partial charge in [0, 0.05) is 16.0 Å². The van der Waals surface area contributed by atoms with Gasteiger partial charge in [-0.1, -0.05) is 11.8 Å². The number of aromatic nitrogens is 1. The van der Waals surface area contributed by atoms with E-state index in [2.05, 4.69) is 10.3 Å². The Morgan fingerprint density at radius 1 is 0.973 bits per heavy atom. The fourth-order valence-electron chi connectivity index (χ4n) is 3.65. The number of aliphatic carboxylic acids is 2. The molecular formula is C23H20N4O8S2. The van der Waals surface area contributed by atoms with Crippen molar-refractivity contribution in [3.8, 4) is 16.3 Å². The van der Waals surface area contributed by atoms with Crippen LogP contribution in [0.4, 0.5) is 5.69 Å². The molecule has 0 fully saturated rings. The normalized spacial score (nSPS) is 14.3. The third-order valence-electron chi connectivity index (χ3n) is 5.43. The van der Waals surface area contributed by atoms with Gasteiger partial charge in [0.15, 0.2) is 5.69 Å². The predicted molar refractivity (Wildman–Crippen MR) is 136 cm³/mol. The van der Waals surface area contributed by atoms with Crippen molar-refractivity contribution in [3.05, 3.63) is 62.4 Å². The Balaban J connectivity index is 1.77. The van der Waals surface area contributed by atoms with Crippen LogP contribution in [0, 0.1) is 0 Å². The summed E-state index contributed by atoms with van der Waals surface area (Å²) in [6.45, 7) is 0. The monoisotopic (exact) mass is 544 g/mol. The largest absolute Gasteiger partial charge is 0.506 e. The Labute approximate surface area is 216 Å². The third-order valence-corrected chi connectivity index (χ3v) is 7.79. The maximum Gasteiger partial charge on any atom is 0.356 e. The number of carboxylic acid groups (broad SMARTS) is 3. The molecule has 0 bridgehead atoms. The zero-order valence-electron chi connectivity index (χ0n) is 18.8. The molecule has 3 aliphatic rings. The highest BCUT2D eigenvalue weighted by molar-refractivity contribution is 8.08. The molecule has 12 nitrogen and oxygen atoms in total. The average molecular weight is 545 g/mol. The number of thioether (sulfide) groups is 1. The first-order valence-corrected chi connectivity index (χ1v) is 12.3. The smallest absolute Gasteiger partial charge is 0.356 e. The molecule has 0 amide bonds. The van der Waals surface area contributed by atoms with Crippen molar-refractivity contribution in [1.29, 1.82) is 0 Å². The van der Waals surface area contributed by atoms with Crippen LogP contribution in [0.2, 0.25) is 0 Å². The van der Waals surface area contributed by atoms with Gasteiger partial charge < -0.3 is 37.2 Å². The number of nitrogens with zero attached hydrogens (tertiary/aromatic N) is 1. The van der Waals surface area contributed by atoms with Crippen LogP contribution in [0.1, 0.15) is 26.5 Å². The first-order chi connectivity index (χ1) is 17.4. The lowest BCUT2D eigenvalue weighted by molar-refractivity contribution is -0.139. The van der Waals surface area contributed by atoms with Crippen molar-refractivity contribution in [2.24, 2.45) is 11.5 Å². The Morgan fingerprint density at radius 3 is 2.19 bits per heavy atom. The standard InChI is InChI=1S/C23H20N4O8S2/c24-10(21(30)31)1-8-3-12(28)17-14(5-8)36-16(7-26-17)20-19(23(34)35)27-18-13(29)4-9(6-15(18)37-20)2-11(25)22(32)33/h3-7,10-11,26,28H,1-2,24-25H2,(H,30,31)(H,32,33)(H,34,35). The fraction of sp³-hybridized carbons (Fsp3) is 0.174. The van der Waals surface area contributed by atoms with Crippen molar-refractivity contribution in [2.75, 3.05) is 5.32 Å². The van der Waals surface area contributed by atoms with Crippen LogP contribution < -0.4 is 22.2 Å². The van der Waals surface area contributed by atoms with Gasteiger partial charge in [0.1, 0.15) is 23.5 Å². The van der Waals surface area contributed by atoms with E-state index in [0.717, 1.165) is 23.1 Å². The molecule has 1 aliphatic carbocycles. The van der Waals surface area contributed by atoms with E-state index in [-0.39, 0.29) is 34.9 Å². The Hall–Kier alpha value is -3.98. The molecule has 1 aromatic rings. The van der Waals surface area contributed by atoms with Gasteiger partial charge in [-0.3, -0.25) is 14.4 Å². The minimum atomic E-state index is -1.36. The van der Waals surface area contributed by atoms with Gasteiger partial charge in [-0.15, -0.1) is 11.3 Å². The SMILES string of the molecule is NC(Cc1cc(O)c2c(c1)SC(c1sc3cc(CC(N)C(=O)O)cc(=O)c-3nc1C(=O)O)=CN2)C(=O)O. The molecule has 0 saturated heterocycles. The van der Waals surface area contributed by atoms with Gasteiger partial charge in [0.25, 0.3) is 0 Å². The quantitative estimate of drug-likeness (QED) is 0.199. The van der Waals surface area contributed by atoms with Crippen LogP contribution in [-0.2, 0) is 22.4 Å². The topological polar surface area (TPSA) is 226 Å². The fourth-order valence-corrected chi connectivity index (χ4v) is 5.99. The Bertz CT molecular complexity index is 1500. The van der Waals surface area contributed by atoms with E-state index in [1.54, 1.807) is 12.1 Å². The molecular weight excluding hydrogens is 524 g/mol. The van der Waals surface area contributed by atoms with E-state index in [9.17, 15) is 29.4 Å². The second-order valence-electron chi connectivity index (χ2n) is 8.18. The van der Waals surface area contributed by atoms with Crippen molar-refractivity contribution in [1.82, 2.24) is 4.98 Å². The van der Waals surface area contributed by atoms with Crippen LogP contribution >= 0.6 is 23.1 Å². The number of benzene rings is 2. The van der Waals surface area contributed by atoms with Crippen LogP contribution in [0.25, 0.3) is 15.5 Å². The van der Waals surface area contributed by atoms with E-state index >= 15 is 0 Å². The third kappa shape index (κ3) is 5.41. The highest BCUT2D eigenvalue weighted by Crippen LogP contribution is 2.48. The maximum atomic E-state index is 12.6. The van der Waals surface area contributed by atoms with Crippen molar-refractivity contribution >= 4 is 51.6 Å². The summed E-state index contributed by atoms with van der Waals surface area (Å²) in [5, 5.41) is 41.3. The Morgan fingerprint density at radius 2 is 1.59 bits per heavy atom. The molecule has 2 aliphatic heterocycles. The summed E-state index contributed by atoms with van der Waals surface area (Å²) < 4.78 is 0. The van der Waals surface area contributed by atoms with E-state index < -0.39 is 35.4 Å². The number of nitrogens with two attached hydrogens (primary N) is 2. The number of aromatic carboxylic acids is 1. The molecule has 2 heterocycles. The summed E-state index contributed by atoms with van der Waals surface area (Å²) in [6.07, 6.45) is 1.35. The minimum absolute atomic E-state index is 0.0379. The second kappa shape index (κ2) is 10.2. The van der Waals surface area contributed by atoms with Gasteiger partial charge in [0.05, 0.1) is 15.4 Å². The van der Waals surface area contributed by atoms with Gasteiger partial charge >= 0.3 is 17.9 Å². The van der Waals surface area contributed by atoms with Crippen molar-refractivity contribution in [2.45, 2.75) is 29.8 Å². The highest BCUT2D eigenvalue weighted by atomic mass is 32.2. The lowest BCUT2D eigenvalue weighted by atomic mass is 10.0.